The van der Waals surface area contributed by atoms with Crippen LogP contribution in [0.15, 0.2) is 76.3 Å². The van der Waals surface area contributed by atoms with E-state index in [0.29, 0.717) is 6.54 Å². The summed E-state index contributed by atoms with van der Waals surface area (Å²) in [6.45, 7) is 2.11. The van der Waals surface area contributed by atoms with Crippen LogP contribution in [0.3, 0.4) is 0 Å². The molecule has 3 rings (SSSR count). The second-order valence-electron chi connectivity index (χ2n) is 6.79. The van der Waals surface area contributed by atoms with Crippen molar-refractivity contribution in [1.82, 2.24) is 10.6 Å². The van der Waals surface area contributed by atoms with E-state index in [1.165, 1.54) is 5.56 Å². The standard InChI is InChI=1S/C24H29N3O3/c1-28-21-9-5-19(6-10-21)13-15-25-24(26-16-14-23-4-3-17-30-23)27-18-20-7-11-22(29-2)12-8-20/h3-12,17H,13-16,18H2,1-2H3,(H2,25,26,27). The van der Waals surface area contributed by atoms with Crippen LogP contribution in [0.25, 0.3) is 0 Å². The van der Waals surface area contributed by atoms with Crippen LogP contribution in [-0.4, -0.2) is 33.3 Å². The third-order valence-corrected chi connectivity index (χ3v) is 4.69. The zero-order valence-electron chi connectivity index (χ0n) is 17.6. The molecule has 158 valence electrons. The van der Waals surface area contributed by atoms with Crippen molar-refractivity contribution in [3.05, 3.63) is 83.8 Å². The Morgan fingerprint density at radius 1 is 0.800 bits per heavy atom. The minimum atomic E-state index is 0.586. The Morgan fingerprint density at radius 3 is 1.97 bits per heavy atom. The Morgan fingerprint density at radius 2 is 1.40 bits per heavy atom. The lowest BCUT2D eigenvalue weighted by Gasteiger charge is -2.13. The summed E-state index contributed by atoms with van der Waals surface area (Å²) in [6, 6.07) is 20.0. The zero-order chi connectivity index (χ0) is 21.0. The smallest absolute Gasteiger partial charge is 0.191 e. The molecule has 0 aliphatic carbocycles. The van der Waals surface area contributed by atoms with E-state index in [4.69, 9.17) is 18.9 Å². The number of hydrogen-bond acceptors (Lipinski definition) is 4. The van der Waals surface area contributed by atoms with Crippen LogP contribution in [-0.2, 0) is 19.4 Å². The predicted molar refractivity (Wildman–Crippen MR) is 119 cm³/mol. The molecule has 6 nitrogen and oxygen atoms in total. The first-order valence-electron chi connectivity index (χ1n) is 10.1. The molecule has 3 aromatic rings. The number of aliphatic imine (C=N–C) groups is 1. The molecule has 0 aliphatic rings. The van der Waals surface area contributed by atoms with Gasteiger partial charge in [0, 0.05) is 19.5 Å². The van der Waals surface area contributed by atoms with E-state index >= 15 is 0 Å². The number of furan rings is 1. The number of nitrogens with one attached hydrogen (secondary N) is 2. The molecule has 0 amide bonds. The number of hydrogen-bond donors (Lipinski definition) is 2. The van der Waals surface area contributed by atoms with E-state index in [1.54, 1.807) is 20.5 Å². The number of ether oxygens (including phenoxy) is 2. The lowest BCUT2D eigenvalue weighted by Crippen LogP contribution is -2.39. The number of benzene rings is 2. The fourth-order valence-corrected chi connectivity index (χ4v) is 2.95. The van der Waals surface area contributed by atoms with Crippen LogP contribution in [0, 0.1) is 0 Å². The molecule has 0 atom stereocenters. The van der Waals surface area contributed by atoms with Crippen LogP contribution in [0.4, 0.5) is 0 Å². The van der Waals surface area contributed by atoms with Crippen LogP contribution in [0.2, 0.25) is 0 Å². The molecular weight excluding hydrogens is 378 g/mol. The van der Waals surface area contributed by atoms with Gasteiger partial charge in [-0.05, 0) is 53.9 Å². The largest absolute Gasteiger partial charge is 0.497 e. The van der Waals surface area contributed by atoms with E-state index in [0.717, 1.165) is 54.7 Å². The average molecular weight is 408 g/mol. The molecule has 0 saturated heterocycles. The van der Waals surface area contributed by atoms with Crippen molar-refractivity contribution in [1.29, 1.82) is 0 Å². The summed E-state index contributed by atoms with van der Waals surface area (Å²) in [6.07, 6.45) is 3.39. The molecular formula is C24H29N3O3. The predicted octanol–water partition coefficient (Wildman–Crippen LogP) is 3.82. The van der Waals surface area contributed by atoms with Gasteiger partial charge in [0.15, 0.2) is 5.96 Å². The maximum atomic E-state index is 5.40. The molecule has 30 heavy (non-hydrogen) atoms. The first-order chi connectivity index (χ1) is 14.8. The topological polar surface area (TPSA) is 68.0 Å². The highest BCUT2D eigenvalue weighted by atomic mass is 16.5. The highest BCUT2D eigenvalue weighted by molar-refractivity contribution is 5.79. The Hall–Kier alpha value is -3.41. The van der Waals surface area contributed by atoms with Gasteiger partial charge in [-0.25, -0.2) is 4.99 Å². The molecule has 1 heterocycles. The SMILES string of the molecule is COc1ccc(CCNC(=NCc2ccc(OC)cc2)NCCc2ccco2)cc1. The Labute approximate surface area is 177 Å². The summed E-state index contributed by atoms with van der Waals surface area (Å²) in [5, 5.41) is 6.81. The average Bonchev–Trinajstić information content (AvgIpc) is 3.31. The summed E-state index contributed by atoms with van der Waals surface area (Å²) in [5.41, 5.74) is 2.37. The molecule has 0 aliphatic heterocycles. The van der Waals surface area contributed by atoms with Gasteiger partial charge in [0.1, 0.15) is 17.3 Å². The second-order valence-corrected chi connectivity index (χ2v) is 6.79. The Kier molecular flexibility index (Phi) is 8.21. The van der Waals surface area contributed by atoms with Gasteiger partial charge in [-0.1, -0.05) is 24.3 Å². The van der Waals surface area contributed by atoms with E-state index in [2.05, 4.69) is 22.8 Å². The lowest BCUT2D eigenvalue weighted by atomic mass is 10.1. The van der Waals surface area contributed by atoms with Crippen molar-refractivity contribution >= 4 is 5.96 Å². The Bertz CT molecular complexity index is 888. The molecule has 2 aromatic carbocycles. The first kappa shape index (κ1) is 21.3. The van der Waals surface area contributed by atoms with Crippen LogP contribution in [0.1, 0.15) is 16.9 Å². The summed E-state index contributed by atoms with van der Waals surface area (Å²) >= 11 is 0. The monoisotopic (exact) mass is 407 g/mol. The van der Waals surface area contributed by atoms with E-state index in [9.17, 15) is 0 Å². The van der Waals surface area contributed by atoms with Crippen molar-refractivity contribution in [2.45, 2.75) is 19.4 Å². The van der Waals surface area contributed by atoms with Crippen molar-refractivity contribution in [3.8, 4) is 11.5 Å². The van der Waals surface area contributed by atoms with Gasteiger partial charge in [0.25, 0.3) is 0 Å². The minimum Gasteiger partial charge on any atom is -0.497 e. The fraction of sp³-hybridized carbons (Fsp3) is 0.292. The second kappa shape index (κ2) is 11.6. The summed E-state index contributed by atoms with van der Waals surface area (Å²) < 4.78 is 15.8. The van der Waals surface area contributed by atoms with Crippen molar-refractivity contribution in [2.75, 3.05) is 27.3 Å². The summed E-state index contributed by atoms with van der Waals surface area (Å²) in [7, 11) is 3.34. The number of guanidine groups is 1. The summed E-state index contributed by atoms with van der Waals surface area (Å²) in [4.78, 5) is 4.73. The molecule has 6 heteroatoms. The van der Waals surface area contributed by atoms with Crippen LogP contribution in [0.5, 0.6) is 11.5 Å². The normalized spacial score (nSPS) is 11.2. The third kappa shape index (κ3) is 6.88. The van der Waals surface area contributed by atoms with E-state index in [1.807, 2.05) is 48.5 Å². The molecule has 0 spiro atoms. The van der Waals surface area contributed by atoms with Gasteiger partial charge in [-0.15, -0.1) is 0 Å². The number of methoxy groups -OCH3 is 2. The van der Waals surface area contributed by atoms with Gasteiger partial charge in [-0.3, -0.25) is 0 Å². The van der Waals surface area contributed by atoms with Gasteiger partial charge >= 0.3 is 0 Å². The maximum Gasteiger partial charge on any atom is 0.191 e. The molecule has 0 fully saturated rings. The first-order valence-corrected chi connectivity index (χ1v) is 10.1. The minimum absolute atomic E-state index is 0.586. The molecule has 0 unspecified atom stereocenters. The number of nitrogens with zero attached hydrogens (tertiary/aromatic N) is 1. The molecule has 0 bridgehead atoms. The highest BCUT2D eigenvalue weighted by Crippen LogP contribution is 2.12. The fourth-order valence-electron chi connectivity index (χ4n) is 2.95. The Balaban J connectivity index is 1.55. The quantitative estimate of drug-likeness (QED) is 0.395. The molecule has 0 saturated carbocycles. The van der Waals surface area contributed by atoms with Crippen molar-refractivity contribution < 1.29 is 13.9 Å². The van der Waals surface area contributed by atoms with Crippen LogP contribution >= 0.6 is 0 Å². The van der Waals surface area contributed by atoms with Gasteiger partial charge in [0.05, 0.1) is 27.0 Å². The summed E-state index contributed by atoms with van der Waals surface area (Å²) in [5.74, 6) is 3.45. The lowest BCUT2D eigenvalue weighted by molar-refractivity contribution is 0.414. The van der Waals surface area contributed by atoms with E-state index < -0.39 is 0 Å². The maximum absolute atomic E-state index is 5.40. The third-order valence-electron chi connectivity index (χ3n) is 4.69. The van der Waals surface area contributed by atoms with Crippen LogP contribution < -0.4 is 20.1 Å². The van der Waals surface area contributed by atoms with E-state index in [-0.39, 0.29) is 0 Å². The molecule has 0 radical (unpaired) electrons. The van der Waals surface area contributed by atoms with Gasteiger partial charge in [-0.2, -0.15) is 0 Å². The van der Waals surface area contributed by atoms with Gasteiger partial charge in [0.2, 0.25) is 0 Å². The van der Waals surface area contributed by atoms with Gasteiger partial charge < -0.3 is 24.5 Å². The van der Waals surface area contributed by atoms with Crippen molar-refractivity contribution in [2.24, 2.45) is 4.99 Å². The van der Waals surface area contributed by atoms with Crippen molar-refractivity contribution in [3.63, 3.8) is 0 Å². The zero-order valence-corrected chi connectivity index (χ0v) is 17.6. The molecule has 1 aromatic heterocycles. The highest BCUT2D eigenvalue weighted by Gasteiger charge is 2.02. The molecule has 2 N–H and O–H groups in total. The number of rotatable bonds is 10.